The Labute approximate surface area is 61.2 Å². The third-order valence-corrected chi connectivity index (χ3v) is 2.15. The Bertz CT molecular complexity index is 233. The van der Waals surface area contributed by atoms with Gasteiger partial charge in [-0.05, 0) is 6.07 Å². The molecular formula is C5H4ClNOS. The van der Waals surface area contributed by atoms with E-state index in [2.05, 4.69) is 0 Å². The van der Waals surface area contributed by atoms with E-state index in [1.54, 1.807) is 6.07 Å². The zero-order valence-corrected chi connectivity index (χ0v) is 6.00. The Morgan fingerprint density at radius 1 is 1.78 bits per heavy atom. The number of carbonyl (C=O) groups excluding carboxylic acids is 1. The Kier molecular flexibility index (Phi) is 1.73. The van der Waals surface area contributed by atoms with Gasteiger partial charge in [0.25, 0.3) is 0 Å². The van der Waals surface area contributed by atoms with Crippen LogP contribution in [0, 0.1) is 0 Å². The molecule has 1 aromatic heterocycles. The van der Waals surface area contributed by atoms with Gasteiger partial charge in [-0.2, -0.15) is 0 Å². The molecular weight excluding hydrogens is 158 g/mol. The average molecular weight is 162 g/mol. The molecule has 0 saturated heterocycles. The Morgan fingerprint density at radius 3 is 2.67 bits per heavy atom. The number of aldehydes is 1. The van der Waals surface area contributed by atoms with Crippen LogP contribution in [0.5, 0.6) is 0 Å². The van der Waals surface area contributed by atoms with E-state index >= 15 is 0 Å². The minimum atomic E-state index is 0.438. The molecule has 2 nitrogen and oxygen atoms in total. The standard InChI is InChI=1S/C5H4ClNOS/c6-3-1-5(7)9-4(3)2-8/h1-2H,7H2. The Balaban J connectivity index is 3.15. The van der Waals surface area contributed by atoms with Gasteiger partial charge in [-0.25, -0.2) is 0 Å². The third kappa shape index (κ3) is 1.23. The van der Waals surface area contributed by atoms with Crippen molar-refractivity contribution in [3.05, 3.63) is 16.0 Å². The summed E-state index contributed by atoms with van der Waals surface area (Å²) in [7, 11) is 0. The van der Waals surface area contributed by atoms with Crippen LogP contribution in [-0.4, -0.2) is 6.29 Å². The number of carbonyl (C=O) groups is 1. The molecule has 0 amide bonds. The van der Waals surface area contributed by atoms with Crippen molar-refractivity contribution in [2.45, 2.75) is 0 Å². The maximum Gasteiger partial charge on any atom is 0.161 e. The SMILES string of the molecule is Nc1cc(Cl)c(C=O)s1. The number of halogens is 1. The quantitative estimate of drug-likeness (QED) is 0.639. The van der Waals surface area contributed by atoms with E-state index in [4.69, 9.17) is 17.3 Å². The van der Waals surface area contributed by atoms with Crippen molar-refractivity contribution in [2.24, 2.45) is 0 Å². The number of nitrogen functional groups attached to an aromatic ring is 1. The minimum Gasteiger partial charge on any atom is -0.391 e. The van der Waals surface area contributed by atoms with Crippen LogP contribution in [0.4, 0.5) is 5.00 Å². The van der Waals surface area contributed by atoms with Crippen molar-refractivity contribution in [2.75, 3.05) is 5.73 Å². The topological polar surface area (TPSA) is 43.1 Å². The summed E-state index contributed by atoms with van der Waals surface area (Å²) in [6.07, 6.45) is 0.698. The smallest absolute Gasteiger partial charge is 0.161 e. The lowest BCUT2D eigenvalue weighted by Gasteiger charge is -1.75. The fraction of sp³-hybridized carbons (Fsp3) is 0. The predicted octanol–water partition coefficient (Wildman–Crippen LogP) is 1.80. The van der Waals surface area contributed by atoms with Gasteiger partial charge in [-0.15, -0.1) is 11.3 Å². The molecule has 4 heteroatoms. The molecule has 0 aliphatic heterocycles. The molecule has 0 spiro atoms. The normalized spacial score (nSPS) is 9.44. The fourth-order valence-corrected chi connectivity index (χ4v) is 1.46. The van der Waals surface area contributed by atoms with Crippen molar-refractivity contribution in [1.29, 1.82) is 0 Å². The van der Waals surface area contributed by atoms with Gasteiger partial charge in [0.2, 0.25) is 0 Å². The van der Waals surface area contributed by atoms with Gasteiger partial charge in [0.15, 0.2) is 6.29 Å². The monoisotopic (exact) mass is 161 g/mol. The van der Waals surface area contributed by atoms with E-state index in [0.29, 0.717) is 21.2 Å². The number of rotatable bonds is 1. The van der Waals surface area contributed by atoms with Gasteiger partial charge < -0.3 is 5.73 Å². The van der Waals surface area contributed by atoms with Gasteiger partial charge in [0.05, 0.1) is 14.9 Å². The van der Waals surface area contributed by atoms with Crippen LogP contribution in [0.1, 0.15) is 9.67 Å². The molecule has 0 aliphatic rings. The molecule has 1 rings (SSSR count). The van der Waals surface area contributed by atoms with Gasteiger partial charge >= 0.3 is 0 Å². The van der Waals surface area contributed by atoms with Crippen molar-refractivity contribution < 1.29 is 4.79 Å². The van der Waals surface area contributed by atoms with Crippen LogP contribution < -0.4 is 5.73 Å². The summed E-state index contributed by atoms with van der Waals surface area (Å²) in [5.41, 5.74) is 5.33. The molecule has 9 heavy (non-hydrogen) atoms. The van der Waals surface area contributed by atoms with E-state index in [9.17, 15) is 4.79 Å². The van der Waals surface area contributed by atoms with E-state index in [1.807, 2.05) is 0 Å². The molecule has 0 saturated carbocycles. The largest absolute Gasteiger partial charge is 0.391 e. The molecule has 48 valence electrons. The first-order valence-corrected chi connectivity index (χ1v) is 3.43. The lowest BCUT2D eigenvalue weighted by molar-refractivity contribution is 0.112. The third-order valence-electron chi connectivity index (χ3n) is 0.839. The zero-order chi connectivity index (χ0) is 6.85. The van der Waals surface area contributed by atoms with Crippen LogP contribution in [-0.2, 0) is 0 Å². The second kappa shape index (κ2) is 2.37. The van der Waals surface area contributed by atoms with Crippen molar-refractivity contribution in [3.8, 4) is 0 Å². The van der Waals surface area contributed by atoms with Crippen LogP contribution in [0.3, 0.4) is 0 Å². The summed E-state index contributed by atoms with van der Waals surface area (Å²) in [5.74, 6) is 0. The summed E-state index contributed by atoms with van der Waals surface area (Å²) in [6.45, 7) is 0. The van der Waals surface area contributed by atoms with Crippen molar-refractivity contribution >= 4 is 34.2 Å². The predicted molar refractivity (Wildman–Crippen MR) is 39.1 cm³/mol. The molecule has 2 N–H and O–H groups in total. The first kappa shape index (κ1) is 6.58. The van der Waals surface area contributed by atoms with Crippen molar-refractivity contribution in [3.63, 3.8) is 0 Å². The highest BCUT2D eigenvalue weighted by molar-refractivity contribution is 7.18. The van der Waals surface area contributed by atoms with Gasteiger partial charge in [-0.1, -0.05) is 11.6 Å². The Hall–Kier alpha value is -0.540. The second-order valence-electron chi connectivity index (χ2n) is 1.48. The highest BCUT2D eigenvalue weighted by Gasteiger charge is 2.01. The molecule has 0 fully saturated rings. The highest BCUT2D eigenvalue weighted by Crippen LogP contribution is 2.26. The number of nitrogens with two attached hydrogens (primary N) is 1. The lowest BCUT2D eigenvalue weighted by atomic mass is 10.5. The molecule has 0 aliphatic carbocycles. The maximum absolute atomic E-state index is 10.1. The average Bonchev–Trinajstić information content (AvgIpc) is 2.10. The maximum atomic E-state index is 10.1. The number of anilines is 1. The van der Waals surface area contributed by atoms with E-state index in [1.165, 1.54) is 11.3 Å². The van der Waals surface area contributed by atoms with E-state index in [-0.39, 0.29) is 0 Å². The summed E-state index contributed by atoms with van der Waals surface area (Å²) in [4.78, 5) is 10.6. The summed E-state index contributed by atoms with van der Waals surface area (Å²) in [6, 6.07) is 1.57. The highest BCUT2D eigenvalue weighted by atomic mass is 35.5. The summed E-state index contributed by atoms with van der Waals surface area (Å²) in [5, 5.41) is 1.01. The second-order valence-corrected chi connectivity index (χ2v) is 3.00. The molecule has 0 atom stereocenters. The number of hydrogen-bond acceptors (Lipinski definition) is 3. The van der Waals surface area contributed by atoms with E-state index < -0.39 is 0 Å². The molecule has 0 bridgehead atoms. The fourth-order valence-electron chi connectivity index (χ4n) is 0.482. The summed E-state index contributed by atoms with van der Waals surface area (Å²) >= 11 is 6.74. The van der Waals surface area contributed by atoms with E-state index in [0.717, 1.165) is 0 Å². The molecule has 0 radical (unpaired) electrons. The minimum absolute atomic E-state index is 0.438. The Morgan fingerprint density at radius 2 is 2.44 bits per heavy atom. The van der Waals surface area contributed by atoms with Crippen LogP contribution in [0.15, 0.2) is 6.07 Å². The molecule has 0 unspecified atom stereocenters. The van der Waals surface area contributed by atoms with Gasteiger partial charge in [0, 0.05) is 0 Å². The molecule has 0 aromatic carbocycles. The first-order valence-electron chi connectivity index (χ1n) is 2.24. The summed E-state index contributed by atoms with van der Waals surface area (Å²) < 4.78 is 0. The van der Waals surface area contributed by atoms with Crippen LogP contribution in [0.2, 0.25) is 5.02 Å². The first-order chi connectivity index (χ1) is 4.24. The number of hydrogen-bond donors (Lipinski definition) is 1. The lowest BCUT2D eigenvalue weighted by Crippen LogP contribution is -1.72. The van der Waals surface area contributed by atoms with Crippen LogP contribution in [0.25, 0.3) is 0 Å². The molecule has 1 aromatic rings. The molecule has 1 heterocycles. The van der Waals surface area contributed by atoms with Crippen LogP contribution >= 0.6 is 22.9 Å². The van der Waals surface area contributed by atoms with Gasteiger partial charge in [-0.3, -0.25) is 4.79 Å². The van der Waals surface area contributed by atoms with Gasteiger partial charge in [0.1, 0.15) is 0 Å². The van der Waals surface area contributed by atoms with Crippen molar-refractivity contribution in [1.82, 2.24) is 0 Å². The zero-order valence-electron chi connectivity index (χ0n) is 4.43. The number of thiophene rings is 1.